The molecule has 0 saturated carbocycles. The predicted molar refractivity (Wildman–Crippen MR) is 93.6 cm³/mol. The molecule has 0 saturated heterocycles. The summed E-state index contributed by atoms with van der Waals surface area (Å²) in [6.07, 6.45) is 1.39. The zero-order chi connectivity index (χ0) is 16.7. The maximum absolute atomic E-state index is 12.7. The molecule has 7 heteroatoms. The lowest BCUT2D eigenvalue weighted by atomic mass is 10.2. The lowest BCUT2D eigenvalue weighted by Crippen LogP contribution is -2.35. The maximum atomic E-state index is 12.7. The van der Waals surface area contributed by atoms with Crippen LogP contribution in [0.3, 0.4) is 0 Å². The molecule has 0 spiro atoms. The van der Waals surface area contributed by atoms with E-state index in [2.05, 4.69) is 38.4 Å². The van der Waals surface area contributed by atoms with Crippen molar-refractivity contribution < 1.29 is 14.0 Å². The third-order valence-corrected chi connectivity index (χ3v) is 3.74. The second-order valence-electron chi connectivity index (χ2n) is 4.51. The first-order chi connectivity index (χ1) is 11.1. The Balaban J connectivity index is 1.80. The van der Waals surface area contributed by atoms with Gasteiger partial charge in [0.15, 0.2) is 0 Å². The van der Waals surface area contributed by atoms with Crippen molar-refractivity contribution in [1.82, 2.24) is 10.7 Å². The zero-order valence-electron chi connectivity index (χ0n) is 11.9. The summed E-state index contributed by atoms with van der Waals surface area (Å²) < 4.78 is 13.5. The van der Waals surface area contributed by atoms with Crippen molar-refractivity contribution in [2.45, 2.75) is 0 Å². The first-order valence-electron chi connectivity index (χ1n) is 6.66. The standard InChI is InChI=1S/C16H13FIN3O2/c17-12-7-5-11(6-8-12)9-20-21-15(22)10-19-16(23)13-3-1-2-4-14(13)18/h1-9H,10H2,(H,19,23)(H,21,22)/b20-9+. The van der Waals surface area contributed by atoms with E-state index >= 15 is 0 Å². The highest BCUT2D eigenvalue weighted by atomic mass is 127. The van der Waals surface area contributed by atoms with Gasteiger partial charge in [-0.25, -0.2) is 9.82 Å². The maximum Gasteiger partial charge on any atom is 0.259 e. The van der Waals surface area contributed by atoms with Crippen LogP contribution in [0.15, 0.2) is 53.6 Å². The first-order valence-corrected chi connectivity index (χ1v) is 7.74. The van der Waals surface area contributed by atoms with Gasteiger partial charge in [-0.1, -0.05) is 24.3 Å². The minimum Gasteiger partial charge on any atom is -0.343 e. The summed E-state index contributed by atoms with van der Waals surface area (Å²) in [5, 5.41) is 6.26. The number of hydrazone groups is 1. The van der Waals surface area contributed by atoms with Gasteiger partial charge in [-0.3, -0.25) is 9.59 Å². The third kappa shape index (κ3) is 5.44. The number of hydrogen-bond donors (Lipinski definition) is 2. The van der Waals surface area contributed by atoms with E-state index in [-0.39, 0.29) is 18.3 Å². The van der Waals surface area contributed by atoms with Gasteiger partial charge < -0.3 is 5.32 Å². The molecule has 5 nitrogen and oxygen atoms in total. The summed E-state index contributed by atoms with van der Waals surface area (Å²) >= 11 is 2.05. The molecule has 0 aliphatic rings. The molecular formula is C16H13FIN3O2. The Morgan fingerprint density at radius 3 is 2.52 bits per heavy atom. The Morgan fingerprint density at radius 1 is 1.13 bits per heavy atom. The van der Waals surface area contributed by atoms with Gasteiger partial charge >= 0.3 is 0 Å². The SMILES string of the molecule is O=C(CNC(=O)c1ccccc1I)N/N=C/c1ccc(F)cc1. The molecule has 2 N–H and O–H groups in total. The van der Waals surface area contributed by atoms with Crippen LogP contribution in [0.1, 0.15) is 15.9 Å². The van der Waals surface area contributed by atoms with Crippen LogP contribution in [-0.4, -0.2) is 24.6 Å². The van der Waals surface area contributed by atoms with Crippen molar-refractivity contribution in [3.63, 3.8) is 0 Å². The highest BCUT2D eigenvalue weighted by Gasteiger charge is 2.10. The van der Waals surface area contributed by atoms with Gasteiger partial charge in [0.25, 0.3) is 11.8 Å². The first kappa shape index (κ1) is 17.1. The molecule has 2 aromatic carbocycles. The van der Waals surface area contributed by atoms with Crippen molar-refractivity contribution in [1.29, 1.82) is 0 Å². The van der Waals surface area contributed by atoms with Gasteiger partial charge in [0, 0.05) is 3.57 Å². The number of halogens is 2. The molecule has 0 unspecified atom stereocenters. The van der Waals surface area contributed by atoms with E-state index in [1.165, 1.54) is 30.5 Å². The molecule has 0 fully saturated rings. The van der Waals surface area contributed by atoms with Gasteiger partial charge in [-0.05, 0) is 52.4 Å². The number of amides is 2. The summed E-state index contributed by atoms with van der Waals surface area (Å²) in [6, 6.07) is 12.7. The second kappa shape index (κ2) is 8.37. The van der Waals surface area contributed by atoms with Gasteiger partial charge in [0.2, 0.25) is 0 Å². The van der Waals surface area contributed by atoms with E-state index in [4.69, 9.17) is 0 Å². The van der Waals surface area contributed by atoms with E-state index in [9.17, 15) is 14.0 Å². The van der Waals surface area contributed by atoms with Gasteiger partial charge in [0.05, 0.1) is 18.3 Å². The van der Waals surface area contributed by atoms with Gasteiger partial charge in [0.1, 0.15) is 5.82 Å². The second-order valence-corrected chi connectivity index (χ2v) is 5.67. The average molecular weight is 425 g/mol. The minimum absolute atomic E-state index is 0.190. The van der Waals surface area contributed by atoms with Crippen LogP contribution in [0.2, 0.25) is 0 Å². The Labute approximate surface area is 146 Å². The molecule has 2 amide bonds. The van der Waals surface area contributed by atoms with Crippen LogP contribution >= 0.6 is 22.6 Å². The molecule has 0 aliphatic heterocycles. The van der Waals surface area contributed by atoms with Crippen molar-refractivity contribution in [3.8, 4) is 0 Å². The van der Waals surface area contributed by atoms with Crippen molar-refractivity contribution >= 4 is 40.6 Å². The molecule has 0 aliphatic carbocycles. The average Bonchev–Trinajstić information content (AvgIpc) is 2.55. The predicted octanol–water partition coefficient (Wildman–Crippen LogP) is 2.31. The summed E-state index contributed by atoms with van der Waals surface area (Å²) in [5.41, 5.74) is 3.45. The molecule has 0 radical (unpaired) electrons. The third-order valence-electron chi connectivity index (χ3n) is 2.80. The van der Waals surface area contributed by atoms with E-state index < -0.39 is 5.91 Å². The largest absolute Gasteiger partial charge is 0.343 e. The molecule has 0 aromatic heterocycles. The van der Waals surface area contributed by atoms with Crippen LogP contribution < -0.4 is 10.7 Å². The molecule has 118 valence electrons. The molecule has 0 heterocycles. The number of rotatable bonds is 5. The molecule has 2 rings (SSSR count). The van der Waals surface area contributed by atoms with Gasteiger partial charge in [-0.2, -0.15) is 5.10 Å². The van der Waals surface area contributed by atoms with E-state index in [0.717, 1.165) is 3.57 Å². The van der Waals surface area contributed by atoms with Crippen LogP contribution in [-0.2, 0) is 4.79 Å². The van der Waals surface area contributed by atoms with Crippen molar-refractivity contribution in [2.75, 3.05) is 6.54 Å². The number of carbonyl (C=O) groups is 2. The molecule has 0 bridgehead atoms. The van der Waals surface area contributed by atoms with E-state index in [1.807, 2.05) is 12.1 Å². The van der Waals surface area contributed by atoms with Crippen molar-refractivity contribution in [2.24, 2.45) is 5.10 Å². The topological polar surface area (TPSA) is 70.6 Å². The van der Waals surface area contributed by atoms with Crippen LogP contribution in [0.25, 0.3) is 0 Å². The molecule has 23 heavy (non-hydrogen) atoms. The molecule has 2 aromatic rings. The molecular weight excluding hydrogens is 412 g/mol. The highest BCUT2D eigenvalue weighted by molar-refractivity contribution is 14.1. The summed E-state index contributed by atoms with van der Waals surface area (Å²) in [6.45, 7) is -0.190. The lowest BCUT2D eigenvalue weighted by Gasteiger charge is -2.05. The van der Waals surface area contributed by atoms with Crippen molar-refractivity contribution in [3.05, 3.63) is 69.0 Å². The quantitative estimate of drug-likeness (QED) is 0.439. The lowest BCUT2D eigenvalue weighted by molar-refractivity contribution is -0.120. The zero-order valence-corrected chi connectivity index (χ0v) is 14.1. The number of hydrogen-bond acceptors (Lipinski definition) is 3. The fraction of sp³-hybridized carbons (Fsp3) is 0.0625. The Hall–Kier alpha value is -2.29. The summed E-state index contributed by atoms with van der Waals surface area (Å²) in [7, 11) is 0. The van der Waals surface area contributed by atoms with Gasteiger partial charge in [-0.15, -0.1) is 0 Å². The van der Waals surface area contributed by atoms with Crippen LogP contribution in [0, 0.1) is 9.39 Å². The fourth-order valence-electron chi connectivity index (χ4n) is 1.67. The van der Waals surface area contributed by atoms with E-state index in [0.29, 0.717) is 11.1 Å². The number of benzene rings is 2. The number of nitrogens with one attached hydrogen (secondary N) is 2. The van der Waals surface area contributed by atoms with E-state index in [1.54, 1.807) is 12.1 Å². The highest BCUT2D eigenvalue weighted by Crippen LogP contribution is 2.10. The number of carbonyl (C=O) groups excluding carboxylic acids is 2. The fourth-order valence-corrected chi connectivity index (χ4v) is 2.30. The molecule has 0 atom stereocenters. The van der Waals surface area contributed by atoms with Crippen LogP contribution in [0.5, 0.6) is 0 Å². The van der Waals surface area contributed by atoms with Crippen LogP contribution in [0.4, 0.5) is 4.39 Å². The summed E-state index contributed by atoms with van der Waals surface area (Å²) in [4.78, 5) is 23.5. The smallest absolute Gasteiger partial charge is 0.259 e. The minimum atomic E-state index is -0.456. The normalized spacial score (nSPS) is 10.5. The Bertz CT molecular complexity index is 732. The Kier molecular flexibility index (Phi) is 6.21. The Morgan fingerprint density at radius 2 is 1.83 bits per heavy atom. The number of nitrogens with zero attached hydrogens (tertiary/aromatic N) is 1. The monoisotopic (exact) mass is 425 g/mol. The summed E-state index contributed by atoms with van der Waals surface area (Å²) in [5.74, 6) is -1.13.